The van der Waals surface area contributed by atoms with Crippen molar-refractivity contribution in [1.82, 2.24) is 5.32 Å². The Kier molecular flexibility index (Phi) is 4.21. The van der Waals surface area contributed by atoms with Crippen molar-refractivity contribution in [2.75, 3.05) is 6.54 Å². The minimum Gasteiger partial charge on any atom is -0.488 e. The molecule has 1 aromatic rings. The fraction of sp³-hybridized carbons (Fsp3) is 0.462. The average Bonchev–Trinajstić information content (AvgIpc) is 2.76. The molecule has 4 nitrogen and oxygen atoms in total. The molecule has 1 aliphatic heterocycles. The van der Waals surface area contributed by atoms with Crippen molar-refractivity contribution in [3.63, 3.8) is 0 Å². The molecule has 0 aromatic heterocycles. The van der Waals surface area contributed by atoms with Crippen molar-refractivity contribution in [2.24, 2.45) is 0 Å². The topological polar surface area (TPSA) is 58.6 Å². The van der Waals surface area contributed by atoms with Gasteiger partial charge in [0.05, 0.1) is 0 Å². The second kappa shape index (κ2) is 5.49. The van der Waals surface area contributed by atoms with E-state index in [1.807, 2.05) is 6.07 Å². The van der Waals surface area contributed by atoms with Crippen LogP contribution in [0, 0.1) is 0 Å². The van der Waals surface area contributed by atoms with Gasteiger partial charge in [-0.2, -0.15) is 13.2 Å². The molecule has 21 heavy (non-hydrogen) atoms. The number of benzene rings is 1. The number of alkyl halides is 3. The molecule has 8 heteroatoms. The number of carboxylic acid groups (broad SMARTS) is 1. The number of carbonyl (C=O) groups is 1. The standard InChI is InChI=1S/C13H13BrF3NO3/c1-12(11(19)20,13(15,16)17)18-6-9-5-7-4-8(14)2-3-10(7)21-9/h2-4,9,18H,5-6H2,1H3,(H,19,20). The van der Waals surface area contributed by atoms with Gasteiger partial charge in [-0.25, -0.2) is 4.79 Å². The molecule has 0 saturated heterocycles. The van der Waals surface area contributed by atoms with Crippen LogP contribution in [-0.2, 0) is 11.2 Å². The summed E-state index contributed by atoms with van der Waals surface area (Å²) in [6.45, 7) is 0.391. The van der Waals surface area contributed by atoms with Gasteiger partial charge in [-0.15, -0.1) is 0 Å². The molecule has 2 atom stereocenters. The largest absolute Gasteiger partial charge is 0.488 e. The third kappa shape index (κ3) is 3.16. The molecule has 0 aliphatic carbocycles. The molecule has 2 rings (SSSR count). The first-order chi connectivity index (χ1) is 9.63. The number of fused-ring (bicyclic) bond motifs is 1. The lowest BCUT2D eigenvalue weighted by Crippen LogP contribution is -2.61. The SMILES string of the molecule is CC(NCC1Cc2cc(Br)ccc2O1)(C(=O)O)C(F)(F)F. The summed E-state index contributed by atoms with van der Waals surface area (Å²) in [6, 6.07) is 5.32. The van der Waals surface area contributed by atoms with E-state index in [0.717, 1.165) is 10.0 Å². The minimum atomic E-state index is -4.90. The predicted molar refractivity (Wildman–Crippen MR) is 72.4 cm³/mol. The second-order valence-electron chi connectivity index (χ2n) is 5.00. The van der Waals surface area contributed by atoms with Crippen LogP contribution in [-0.4, -0.2) is 35.4 Å². The van der Waals surface area contributed by atoms with E-state index in [2.05, 4.69) is 21.2 Å². The van der Waals surface area contributed by atoms with Crippen molar-refractivity contribution in [1.29, 1.82) is 0 Å². The van der Waals surface area contributed by atoms with Gasteiger partial charge in [-0.05, 0) is 30.7 Å². The van der Waals surface area contributed by atoms with Crippen molar-refractivity contribution >= 4 is 21.9 Å². The smallest absolute Gasteiger partial charge is 0.417 e. The third-order valence-corrected chi connectivity index (χ3v) is 3.93. The molecule has 0 fully saturated rings. The monoisotopic (exact) mass is 367 g/mol. The number of nitrogens with one attached hydrogen (secondary N) is 1. The Morgan fingerprint density at radius 3 is 2.76 bits per heavy atom. The Morgan fingerprint density at radius 2 is 2.19 bits per heavy atom. The molecule has 1 aromatic carbocycles. The van der Waals surface area contributed by atoms with Crippen LogP contribution in [0.3, 0.4) is 0 Å². The average molecular weight is 368 g/mol. The lowest BCUT2D eigenvalue weighted by molar-refractivity contribution is -0.206. The van der Waals surface area contributed by atoms with E-state index in [0.29, 0.717) is 19.1 Å². The maximum absolute atomic E-state index is 12.9. The Labute approximate surface area is 127 Å². The quantitative estimate of drug-likeness (QED) is 0.858. The van der Waals surface area contributed by atoms with Gasteiger partial charge < -0.3 is 9.84 Å². The van der Waals surface area contributed by atoms with Crippen LogP contribution >= 0.6 is 15.9 Å². The predicted octanol–water partition coefficient (Wildman–Crippen LogP) is 2.75. The summed E-state index contributed by atoms with van der Waals surface area (Å²) in [5, 5.41) is 10.9. The first kappa shape index (κ1) is 16.1. The van der Waals surface area contributed by atoms with Crippen molar-refractivity contribution in [3.8, 4) is 5.75 Å². The summed E-state index contributed by atoms with van der Waals surface area (Å²) in [5.74, 6) is -1.36. The number of carboxylic acids is 1. The van der Waals surface area contributed by atoms with Crippen molar-refractivity contribution in [3.05, 3.63) is 28.2 Å². The van der Waals surface area contributed by atoms with Gasteiger partial charge in [0.2, 0.25) is 5.54 Å². The van der Waals surface area contributed by atoms with E-state index in [-0.39, 0.29) is 6.54 Å². The van der Waals surface area contributed by atoms with Crippen LogP contribution in [0.1, 0.15) is 12.5 Å². The molecular formula is C13H13BrF3NO3. The zero-order chi connectivity index (χ0) is 15.8. The summed E-state index contributed by atoms with van der Waals surface area (Å²) in [6.07, 6.45) is -5.00. The van der Waals surface area contributed by atoms with Gasteiger partial charge in [-0.1, -0.05) is 15.9 Å². The van der Waals surface area contributed by atoms with E-state index in [4.69, 9.17) is 9.84 Å². The Balaban J connectivity index is 2.03. The van der Waals surface area contributed by atoms with Gasteiger partial charge in [0, 0.05) is 17.4 Å². The number of hydrogen-bond acceptors (Lipinski definition) is 3. The summed E-state index contributed by atoms with van der Waals surface area (Å²) in [4.78, 5) is 10.9. The number of aliphatic carboxylic acids is 1. The van der Waals surface area contributed by atoms with Gasteiger partial charge >= 0.3 is 12.1 Å². The number of ether oxygens (including phenoxy) is 1. The Hall–Kier alpha value is -1.28. The second-order valence-corrected chi connectivity index (χ2v) is 5.92. The normalized spacial score (nSPS) is 20.5. The molecule has 2 unspecified atom stereocenters. The first-order valence-corrected chi connectivity index (χ1v) is 6.93. The van der Waals surface area contributed by atoms with E-state index >= 15 is 0 Å². The summed E-state index contributed by atoms with van der Waals surface area (Å²) >= 11 is 3.30. The lowest BCUT2D eigenvalue weighted by atomic mass is 10.0. The maximum Gasteiger partial charge on any atom is 0.417 e. The van der Waals surface area contributed by atoms with Gasteiger partial charge in [0.25, 0.3) is 0 Å². The van der Waals surface area contributed by atoms with E-state index in [1.54, 1.807) is 12.1 Å². The number of hydrogen-bond donors (Lipinski definition) is 2. The Bertz CT molecular complexity index is 564. The molecule has 0 amide bonds. The lowest BCUT2D eigenvalue weighted by Gasteiger charge is -2.29. The number of rotatable bonds is 4. The highest BCUT2D eigenvalue weighted by Gasteiger charge is 2.57. The molecular weight excluding hydrogens is 355 g/mol. The first-order valence-electron chi connectivity index (χ1n) is 6.14. The molecule has 0 saturated carbocycles. The molecule has 0 bridgehead atoms. The van der Waals surface area contributed by atoms with Gasteiger partial charge in [-0.3, -0.25) is 5.32 Å². The maximum atomic E-state index is 12.9. The van der Waals surface area contributed by atoms with Gasteiger partial charge in [0.15, 0.2) is 0 Å². The van der Waals surface area contributed by atoms with Crippen LogP contribution < -0.4 is 10.1 Å². The van der Waals surface area contributed by atoms with E-state index < -0.39 is 23.8 Å². The molecule has 1 aliphatic rings. The van der Waals surface area contributed by atoms with Gasteiger partial charge in [0.1, 0.15) is 11.9 Å². The summed E-state index contributed by atoms with van der Waals surface area (Å²) < 4.78 is 44.9. The molecule has 1 heterocycles. The number of halogens is 4. The van der Waals surface area contributed by atoms with Crippen LogP contribution in [0.25, 0.3) is 0 Å². The Morgan fingerprint density at radius 1 is 1.52 bits per heavy atom. The summed E-state index contributed by atoms with van der Waals surface area (Å²) in [7, 11) is 0. The highest BCUT2D eigenvalue weighted by Crippen LogP contribution is 2.33. The highest BCUT2D eigenvalue weighted by atomic mass is 79.9. The van der Waals surface area contributed by atoms with Crippen molar-refractivity contribution < 1.29 is 27.8 Å². The molecule has 2 N–H and O–H groups in total. The third-order valence-electron chi connectivity index (χ3n) is 3.44. The minimum absolute atomic E-state index is 0.214. The van der Waals surface area contributed by atoms with Crippen molar-refractivity contribution in [2.45, 2.75) is 31.2 Å². The zero-order valence-electron chi connectivity index (χ0n) is 11.0. The van der Waals surface area contributed by atoms with Crippen LogP contribution in [0.5, 0.6) is 5.75 Å². The zero-order valence-corrected chi connectivity index (χ0v) is 12.6. The van der Waals surface area contributed by atoms with E-state index in [9.17, 15) is 18.0 Å². The van der Waals surface area contributed by atoms with Crippen LogP contribution in [0.15, 0.2) is 22.7 Å². The highest BCUT2D eigenvalue weighted by molar-refractivity contribution is 9.10. The molecule has 116 valence electrons. The fourth-order valence-corrected chi connectivity index (χ4v) is 2.43. The summed E-state index contributed by atoms with van der Waals surface area (Å²) in [5.41, 5.74) is -2.12. The molecule has 0 radical (unpaired) electrons. The molecule has 0 spiro atoms. The van der Waals surface area contributed by atoms with Crippen LogP contribution in [0.4, 0.5) is 13.2 Å². The van der Waals surface area contributed by atoms with E-state index in [1.165, 1.54) is 0 Å². The fourth-order valence-electron chi connectivity index (χ4n) is 2.02. The van der Waals surface area contributed by atoms with Crippen LogP contribution in [0.2, 0.25) is 0 Å².